The van der Waals surface area contributed by atoms with Crippen LogP contribution in [0.2, 0.25) is 0 Å². The molecule has 0 bridgehead atoms. The molecule has 0 aliphatic heterocycles. The van der Waals surface area contributed by atoms with Crippen molar-refractivity contribution in [1.29, 1.82) is 0 Å². The van der Waals surface area contributed by atoms with Gasteiger partial charge < -0.3 is 9.67 Å². The lowest BCUT2D eigenvalue weighted by Crippen LogP contribution is -1.98. The highest BCUT2D eigenvalue weighted by Gasteiger charge is 2.08. The summed E-state index contributed by atoms with van der Waals surface area (Å²) < 4.78 is 15.4. The fourth-order valence-corrected chi connectivity index (χ4v) is 2.70. The van der Waals surface area contributed by atoms with Gasteiger partial charge in [0.25, 0.3) is 0 Å². The van der Waals surface area contributed by atoms with E-state index in [1.54, 1.807) is 12.1 Å². The molecule has 0 saturated heterocycles. The van der Waals surface area contributed by atoms with E-state index in [4.69, 9.17) is 5.11 Å². The Morgan fingerprint density at radius 1 is 1.26 bits per heavy atom. The van der Waals surface area contributed by atoms with Gasteiger partial charge in [0.05, 0.1) is 0 Å². The molecule has 3 nitrogen and oxygen atoms in total. The van der Waals surface area contributed by atoms with Crippen molar-refractivity contribution in [3.05, 3.63) is 77.2 Å². The van der Waals surface area contributed by atoms with E-state index in [0.717, 1.165) is 33.7 Å². The number of aliphatic carboxylic acids is 1. The van der Waals surface area contributed by atoms with Gasteiger partial charge in [-0.25, -0.2) is 9.18 Å². The number of benzene rings is 2. The molecule has 3 rings (SSSR count). The third kappa shape index (κ3) is 3.31. The number of carboxylic acids is 1. The zero-order chi connectivity index (χ0) is 16.4. The van der Waals surface area contributed by atoms with Crippen LogP contribution < -0.4 is 0 Å². The third-order valence-electron chi connectivity index (χ3n) is 3.71. The number of hydrogen-bond donors (Lipinski definition) is 1. The third-order valence-corrected chi connectivity index (χ3v) is 3.71. The van der Waals surface area contributed by atoms with Crippen molar-refractivity contribution in [2.75, 3.05) is 0 Å². The van der Waals surface area contributed by atoms with Crippen LogP contribution in [-0.2, 0) is 11.3 Å². The van der Waals surface area contributed by atoms with Crippen LogP contribution in [0.1, 0.15) is 16.7 Å². The summed E-state index contributed by atoms with van der Waals surface area (Å²) in [5, 5.41) is 9.82. The SMILES string of the molecule is Cc1ccc2c(c1)c(/C=C/C(=O)O)cn2Cc1cccc(F)c1. The molecule has 1 aromatic heterocycles. The van der Waals surface area contributed by atoms with Crippen molar-refractivity contribution in [2.45, 2.75) is 13.5 Å². The van der Waals surface area contributed by atoms with E-state index in [1.165, 1.54) is 12.1 Å². The maximum atomic E-state index is 13.4. The summed E-state index contributed by atoms with van der Waals surface area (Å²) in [4.78, 5) is 10.8. The molecule has 23 heavy (non-hydrogen) atoms. The molecule has 0 unspecified atom stereocenters. The summed E-state index contributed by atoms with van der Waals surface area (Å²) in [7, 11) is 0. The number of nitrogens with zero attached hydrogens (tertiary/aromatic N) is 1. The van der Waals surface area contributed by atoms with E-state index >= 15 is 0 Å². The molecule has 116 valence electrons. The second-order valence-electron chi connectivity index (χ2n) is 5.53. The lowest BCUT2D eigenvalue weighted by atomic mass is 10.1. The van der Waals surface area contributed by atoms with Gasteiger partial charge in [-0.15, -0.1) is 0 Å². The Bertz CT molecular complexity index is 909. The maximum absolute atomic E-state index is 13.4. The normalized spacial score (nSPS) is 11.4. The van der Waals surface area contributed by atoms with Gasteiger partial charge >= 0.3 is 5.97 Å². The fourth-order valence-electron chi connectivity index (χ4n) is 2.70. The van der Waals surface area contributed by atoms with Crippen LogP contribution in [0.25, 0.3) is 17.0 Å². The fraction of sp³-hybridized carbons (Fsp3) is 0.105. The predicted octanol–water partition coefficient (Wildman–Crippen LogP) is 4.23. The van der Waals surface area contributed by atoms with Crippen molar-refractivity contribution in [3.8, 4) is 0 Å². The molecule has 1 heterocycles. The van der Waals surface area contributed by atoms with Crippen LogP contribution in [0.5, 0.6) is 0 Å². The molecule has 1 N–H and O–H groups in total. The highest BCUT2D eigenvalue weighted by Crippen LogP contribution is 2.25. The van der Waals surface area contributed by atoms with Crippen LogP contribution in [-0.4, -0.2) is 15.6 Å². The monoisotopic (exact) mass is 309 g/mol. The van der Waals surface area contributed by atoms with Gasteiger partial charge in [0.15, 0.2) is 0 Å². The maximum Gasteiger partial charge on any atom is 0.328 e. The van der Waals surface area contributed by atoms with Gasteiger partial charge in [-0.2, -0.15) is 0 Å². The van der Waals surface area contributed by atoms with Crippen molar-refractivity contribution < 1.29 is 14.3 Å². The molecule has 0 saturated carbocycles. The Morgan fingerprint density at radius 2 is 2.09 bits per heavy atom. The minimum Gasteiger partial charge on any atom is -0.478 e. The standard InChI is InChI=1S/C19H16FNO2/c1-13-5-7-18-17(9-13)15(6-8-19(22)23)12-21(18)11-14-3-2-4-16(20)10-14/h2-10,12H,11H2,1H3,(H,22,23)/b8-6+. The van der Waals surface area contributed by atoms with Crippen LogP contribution in [0.3, 0.4) is 0 Å². The first-order valence-electron chi connectivity index (χ1n) is 7.28. The molecule has 0 amide bonds. The average Bonchev–Trinajstić information content (AvgIpc) is 2.82. The molecule has 0 atom stereocenters. The van der Waals surface area contributed by atoms with Crippen molar-refractivity contribution in [2.24, 2.45) is 0 Å². The summed E-state index contributed by atoms with van der Waals surface area (Å²) in [6.07, 6.45) is 4.62. The van der Waals surface area contributed by atoms with Crippen LogP contribution in [0.15, 0.2) is 54.7 Å². The van der Waals surface area contributed by atoms with Gasteiger partial charge in [-0.1, -0.05) is 23.8 Å². The number of fused-ring (bicyclic) bond motifs is 1. The Morgan fingerprint density at radius 3 is 2.83 bits per heavy atom. The Hall–Kier alpha value is -2.88. The number of hydrogen-bond acceptors (Lipinski definition) is 1. The summed E-state index contributed by atoms with van der Waals surface area (Å²) >= 11 is 0. The molecule has 0 fully saturated rings. The van der Waals surface area contributed by atoms with Crippen molar-refractivity contribution in [1.82, 2.24) is 4.57 Å². The van der Waals surface area contributed by atoms with E-state index in [0.29, 0.717) is 6.54 Å². The van der Waals surface area contributed by atoms with Gasteiger partial charge in [0.2, 0.25) is 0 Å². The van der Waals surface area contributed by atoms with Gasteiger partial charge in [-0.05, 0) is 42.8 Å². The van der Waals surface area contributed by atoms with E-state index in [-0.39, 0.29) is 5.82 Å². The zero-order valence-corrected chi connectivity index (χ0v) is 12.7. The number of aryl methyl sites for hydroxylation is 1. The number of carbonyl (C=O) groups is 1. The molecule has 0 spiro atoms. The van der Waals surface area contributed by atoms with Gasteiger partial charge in [-0.3, -0.25) is 0 Å². The van der Waals surface area contributed by atoms with E-state index in [9.17, 15) is 9.18 Å². The number of carboxylic acid groups (broad SMARTS) is 1. The van der Waals surface area contributed by atoms with E-state index < -0.39 is 5.97 Å². The first-order valence-corrected chi connectivity index (χ1v) is 7.28. The number of rotatable bonds is 4. The minimum atomic E-state index is -0.983. The minimum absolute atomic E-state index is 0.263. The predicted molar refractivity (Wildman–Crippen MR) is 88.8 cm³/mol. The molecule has 0 aliphatic carbocycles. The highest BCUT2D eigenvalue weighted by atomic mass is 19.1. The second kappa shape index (κ2) is 6.08. The molecule has 0 aliphatic rings. The van der Waals surface area contributed by atoms with E-state index in [2.05, 4.69) is 0 Å². The Labute approximate surface area is 133 Å². The molecular formula is C19H16FNO2. The van der Waals surface area contributed by atoms with Crippen LogP contribution in [0, 0.1) is 12.7 Å². The summed E-state index contributed by atoms with van der Waals surface area (Å²) in [6.45, 7) is 2.52. The summed E-state index contributed by atoms with van der Waals surface area (Å²) in [5.41, 5.74) is 3.79. The van der Waals surface area contributed by atoms with Gasteiger partial charge in [0, 0.05) is 35.3 Å². The van der Waals surface area contributed by atoms with E-state index in [1.807, 2.05) is 42.0 Å². The zero-order valence-electron chi connectivity index (χ0n) is 12.7. The summed E-state index contributed by atoms with van der Waals surface area (Å²) in [6, 6.07) is 12.5. The Balaban J connectivity index is 2.08. The van der Waals surface area contributed by atoms with Crippen molar-refractivity contribution in [3.63, 3.8) is 0 Å². The first-order chi connectivity index (χ1) is 11.0. The second-order valence-corrected chi connectivity index (χ2v) is 5.53. The molecule has 4 heteroatoms. The Kier molecular flexibility index (Phi) is 3.98. The lowest BCUT2D eigenvalue weighted by molar-refractivity contribution is -0.131. The topological polar surface area (TPSA) is 42.2 Å². The molecule has 0 radical (unpaired) electrons. The van der Waals surface area contributed by atoms with Crippen molar-refractivity contribution >= 4 is 22.9 Å². The lowest BCUT2D eigenvalue weighted by Gasteiger charge is -2.06. The highest BCUT2D eigenvalue weighted by molar-refractivity contribution is 5.94. The summed E-state index contributed by atoms with van der Waals surface area (Å²) in [5.74, 6) is -1.25. The van der Waals surface area contributed by atoms with Gasteiger partial charge in [0.1, 0.15) is 5.82 Å². The van der Waals surface area contributed by atoms with Crippen LogP contribution in [0.4, 0.5) is 4.39 Å². The first kappa shape index (κ1) is 15.0. The molecule has 2 aromatic carbocycles. The average molecular weight is 309 g/mol. The number of aromatic nitrogens is 1. The molecule has 3 aromatic rings. The quantitative estimate of drug-likeness (QED) is 0.733. The number of halogens is 1. The van der Waals surface area contributed by atoms with Crippen LogP contribution >= 0.6 is 0 Å². The smallest absolute Gasteiger partial charge is 0.328 e. The molecular weight excluding hydrogens is 293 g/mol. The largest absolute Gasteiger partial charge is 0.478 e.